The first-order valence-electron chi connectivity index (χ1n) is 3.36. The standard InChI is InChI=1S/C7H13O3/c1-4-5-10-6(8)7(2,3)9/h4-5H2,1-3H3. The van der Waals surface area contributed by atoms with Gasteiger partial charge >= 0.3 is 5.97 Å². The molecule has 0 unspecified atom stereocenters. The minimum atomic E-state index is -1.60. The first kappa shape index (κ1) is 9.43. The van der Waals surface area contributed by atoms with Gasteiger partial charge in [-0.15, -0.1) is 0 Å². The van der Waals surface area contributed by atoms with Crippen molar-refractivity contribution in [3.8, 4) is 0 Å². The summed E-state index contributed by atoms with van der Waals surface area (Å²) in [5.74, 6) is -0.672. The fraction of sp³-hybridized carbons (Fsp3) is 0.857. The van der Waals surface area contributed by atoms with E-state index in [1.165, 1.54) is 13.8 Å². The van der Waals surface area contributed by atoms with E-state index in [0.717, 1.165) is 6.42 Å². The van der Waals surface area contributed by atoms with Crippen LogP contribution in [0.25, 0.3) is 0 Å². The van der Waals surface area contributed by atoms with Crippen molar-refractivity contribution in [2.75, 3.05) is 6.61 Å². The molecule has 0 amide bonds. The Bertz CT molecular complexity index is 113. The van der Waals surface area contributed by atoms with Crippen LogP contribution in [0.15, 0.2) is 0 Å². The van der Waals surface area contributed by atoms with E-state index in [1.54, 1.807) is 0 Å². The fourth-order valence-corrected chi connectivity index (χ4v) is 0.369. The summed E-state index contributed by atoms with van der Waals surface area (Å²) in [5, 5.41) is 10.8. The van der Waals surface area contributed by atoms with Crippen LogP contribution in [0.3, 0.4) is 0 Å². The summed E-state index contributed by atoms with van der Waals surface area (Å²) in [6.07, 6.45) is 0.752. The SMILES string of the molecule is CCCOC(=O)C(C)(C)[O]. The van der Waals surface area contributed by atoms with Crippen LogP contribution >= 0.6 is 0 Å². The summed E-state index contributed by atoms with van der Waals surface area (Å²) in [7, 11) is 0. The molecule has 0 saturated carbocycles. The summed E-state index contributed by atoms with van der Waals surface area (Å²) in [4.78, 5) is 10.7. The number of carbonyl (C=O) groups is 1. The molecule has 59 valence electrons. The highest BCUT2D eigenvalue weighted by molar-refractivity contribution is 5.77. The Kier molecular flexibility index (Phi) is 3.36. The zero-order chi connectivity index (χ0) is 8.20. The van der Waals surface area contributed by atoms with Gasteiger partial charge in [-0.25, -0.2) is 9.90 Å². The van der Waals surface area contributed by atoms with Crippen LogP contribution in [-0.4, -0.2) is 18.2 Å². The summed E-state index contributed by atoms with van der Waals surface area (Å²) >= 11 is 0. The van der Waals surface area contributed by atoms with Gasteiger partial charge in [-0.1, -0.05) is 6.92 Å². The second-order valence-electron chi connectivity index (χ2n) is 2.65. The van der Waals surface area contributed by atoms with E-state index in [9.17, 15) is 9.90 Å². The Morgan fingerprint density at radius 2 is 2.00 bits per heavy atom. The van der Waals surface area contributed by atoms with Crippen molar-refractivity contribution in [3.63, 3.8) is 0 Å². The third-order valence-corrected chi connectivity index (χ3v) is 0.929. The highest BCUT2D eigenvalue weighted by atomic mass is 16.5. The predicted molar refractivity (Wildman–Crippen MR) is 36.0 cm³/mol. The monoisotopic (exact) mass is 145 g/mol. The molecule has 0 heterocycles. The molecular weight excluding hydrogens is 132 g/mol. The Labute approximate surface area is 61.0 Å². The lowest BCUT2D eigenvalue weighted by Gasteiger charge is -2.11. The zero-order valence-electron chi connectivity index (χ0n) is 6.64. The highest BCUT2D eigenvalue weighted by Crippen LogP contribution is 2.04. The molecule has 1 radical (unpaired) electrons. The van der Waals surface area contributed by atoms with Crippen molar-refractivity contribution in [2.24, 2.45) is 0 Å². The van der Waals surface area contributed by atoms with Crippen molar-refractivity contribution in [3.05, 3.63) is 0 Å². The van der Waals surface area contributed by atoms with Gasteiger partial charge in [0, 0.05) is 0 Å². The fourth-order valence-electron chi connectivity index (χ4n) is 0.369. The molecule has 3 heteroatoms. The Hall–Kier alpha value is -0.570. The van der Waals surface area contributed by atoms with Crippen molar-refractivity contribution in [1.29, 1.82) is 0 Å². The van der Waals surface area contributed by atoms with Crippen molar-refractivity contribution < 1.29 is 14.6 Å². The lowest BCUT2D eigenvalue weighted by atomic mass is 10.1. The summed E-state index contributed by atoms with van der Waals surface area (Å²) in [6, 6.07) is 0. The van der Waals surface area contributed by atoms with E-state index in [-0.39, 0.29) is 0 Å². The van der Waals surface area contributed by atoms with Crippen LogP contribution in [0.2, 0.25) is 0 Å². The van der Waals surface area contributed by atoms with Gasteiger partial charge < -0.3 is 4.74 Å². The largest absolute Gasteiger partial charge is 0.463 e. The summed E-state index contributed by atoms with van der Waals surface area (Å²) in [5.41, 5.74) is -1.60. The Morgan fingerprint density at radius 3 is 2.30 bits per heavy atom. The van der Waals surface area contributed by atoms with Gasteiger partial charge in [0.15, 0.2) is 5.60 Å². The molecule has 0 N–H and O–H groups in total. The van der Waals surface area contributed by atoms with Crippen molar-refractivity contribution in [2.45, 2.75) is 32.8 Å². The van der Waals surface area contributed by atoms with E-state index in [2.05, 4.69) is 4.74 Å². The van der Waals surface area contributed by atoms with E-state index >= 15 is 0 Å². The molecule has 10 heavy (non-hydrogen) atoms. The molecule has 0 aromatic heterocycles. The molecule has 0 fully saturated rings. The quantitative estimate of drug-likeness (QED) is 0.559. The van der Waals surface area contributed by atoms with Crippen LogP contribution < -0.4 is 0 Å². The molecule has 0 aromatic carbocycles. The number of hydrogen-bond donors (Lipinski definition) is 0. The smallest absolute Gasteiger partial charge is 0.341 e. The normalized spacial score (nSPS) is 11.2. The van der Waals surface area contributed by atoms with Crippen LogP contribution in [0, 0.1) is 0 Å². The average molecular weight is 145 g/mol. The number of ether oxygens (including phenoxy) is 1. The summed E-state index contributed by atoms with van der Waals surface area (Å²) in [6.45, 7) is 4.81. The molecule has 0 aliphatic carbocycles. The molecule has 0 aromatic rings. The Balaban J connectivity index is 3.64. The number of carbonyl (C=O) groups excluding carboxylic acids is 1. The van der Waals surface area contributed by atoms with Gasteiger partial charge in [0.1, 0.15) is 0 Å². The average Bonchev–Trinajstić information content (AvgIpc) is 1.80. The van der Waals surface area contributed by atoms with Gasteiger partial charge in [-0.05, 0) is 20.3 Å². The zero-order valence-corrected chi connectivity index (χ0v) is 6.64. The van der Waals surface area contributed by atoms with E-state index < -0.39 is 11.6 Å². The third kappa shape index (κ3) is 3.45. The highest BCUT2D eigenvalue weighted by Gasteiger charge is 2.27. The second kappa shape index (κ2) is 3.56. The van der Waals surface area contributed by atoms with Crippen molar-refractivity contribution in [1.82, 2.24) is 0 Å². The van der Waals surface area contributed by atoms with E-state index in [4.69, 9.17) is 0 Å². The van der Waals surface area contributed by atoms with E-state index in [0.29, 0.717) is 6.61 Å². The van der Waals surface area contributed by atoms with Crippen molar-refractivity contribution >= 4 is 5.97 Å². The molecule has 0 bridgehead atoms. The first-order valence-corrected chi connectivity index (χ1v) is 3.36. The third-order valence-electron chi connectivity index (χ3n) is 0.929. The van der Waals surface area contributed by atoms with Gasteiger partial charge in [0.05, 0.1) is 6.61 Å². The summed E-state index contributed by atoms with van der Waals surface area (Å²) < 4.78 is 4.60. The second-order valence-corrected chi connectivity index (χ2v) is 2.65. The number of esters is 1. The predicted octanol–water partition coefficient (Wildman–Crippen LogP) is 1.15. The molecule has 0 spiro atoms. The van der Waals surface area contributed by atoms with Crippen LogP contribution in [0.1, 0.15) is 27.2 Å². The molecule has 0 rings (SSSR count). The minimum Gasteiger partial charge on any atom is -0.463 e. The lowest BCUT2D eigenvalue weighted by molar-refractivity contribution is -0.168. The minimum absolute atomic E-state index is 0.338. The topological polar surface area (TPSA) is 46.2 Å². The maximum Gasteiger partial charge on any atom is 0.341 e. The van der Waals surface area contributed by atoms with Crippen LogP contribution in [0.4, 0.5) is 0 Å². The van der Waals surface area contributed by atoms with Crippen LogP contribution in [-0.2, 0) is 14.6 Å². The number of hydrogen-bond acceptors (Lipinski definition) is 2. The molecule has 0 aliphatic heterocycles. The Morgan fingerprint density at radius 1 is 1.50 bits per heavy atom. The molecule has 0 aliphatic rings. The molecule has 3 nitrogen and oxygen atoms in total. The van der Waals surface area contributed by atoms with Gasteiger partial charge in [-0.2, -0.15) is 0 Å². The molecular formula is C7H13O3. The van der Waals surface area contributed by atoms with Gasteiger partial charge in [-0.3, -0.25) is 0 Å². The lowest BCUT2D eigenvalue weighted by Crippen LogP contribution is -2.31. The van der Waals surface area contributed by atoms with Crippen LogP contribution in [0.5, 0.6) is 0 Å². The van der Waals surface area contributed by atoms with Gasteiger partial charge in [0.2, 0.25) is 0 Å². The maximum atomic E-state index is 10.8. The van der Waals surface area contributed by atoms with E-state index in [1.807, 2.05) is 6.92 Å². The first-order chi connectivity index (χ1) is 4.48. The molecule has 0 saturated heterocycles. The maximum absolute atomic E-state index is 10.8. The molecule has 0 atom stereocenters. The van der Waals surface area contributed by atoms with Gasteiger partial charge in [0.25, 0.3) is 0 Å². The number of rotatable bonds is 3.